The summed E-state index contributed by atoms with van der Waals surface area (Å²) in [4.78, 5) is 12.3. The van der Waals surface area contributed by atoms with Crippen LogP contribution in [-0.4, -0.2) is 20.0 Å². The van der Waals surface area contributed by atoms with E-state index in [4.69, 9.17) is 17.5 Å². The molecule has 1 N–H and O–H groups in total. The molecule has 0 atom stereocenters. The highest BCUT2D eigenvalue weighted by Crippen LogP contribution is 2.30. The highest BCUT2D eigenvalue weighted by atomic mass is 32.2. The molecule has 1 fully saturated rings. The molecular formula is C16H11FN4OS2. The van der Waals surface area contributed by atoms with Gasteiger partial charge in [0, 0.05) is 17.3 Å². The van der Waals surface area contributed by atoms with Crippen molar-refractivity contribution in [1.82, 2.24) is 15.1 Å². The lowest BCUT2D eigenvalue weighted by molar-refractivity contribution is -0.115. The predicted octanol–water partition coefficient (Wildman–Crippen LogP) is 3.09. The Balaban J connectivity index is 2.03. The molecular weight excluding hydrogens is 347 g/mol. The van der Waals surface area contributed by atoms with Crippen LogP contribution in [0.3, 0.4) is 0 Å². The van der Waals surface area contributed by atoms with Gasteiger partial charge in [0.15, 0.2) is 0 Å². The Morgan fingerprint density at radius 2 is 2.17 bits per heavy atom. The maximum absolute atomic E-state index is 13.2. The van der Waals surface area contributed by atoms with Gasteiger partial charge in [-0.25, -0.2) is 4.39 Å². The normalized spacial score (nSPS) is 15.6. The van der Waals surface area contributed by atoms with Gasteiger partial charge in [-0.3, -0.25) is 9.48 Å². The number of aromatic nitrogens is 2. The number of carbonyl (C=O) groups excluding carboxylic acids is 1. The zero-order chi connectivity index (χ0) is 17.1. The number of hydrogen-bond donors (Lipinski definition) is 1. The average molecular weight is 358 g/mol. The van der Waals surface area contributed by atoms with Gasteiger partial charge in [0.1, 0.15) is 10.1 Å². The molecule has 0 bridgehead atoms. The first-order chi connectivity index (χ1) is 11.6. The van der Waals surface area contributed by atoms with E-state index in [0.717, 1.165) is 5.56 Å². The zero-order valence-corrected chi connectivity index (χ0v) is 14.0. The van der Waals surface area contributed by atoms with Gasteiger partial charge in [-0.05, 0) is 30.3 Å². The summed E-state index contributed by atoms with van der Waals surface area (Å²) in [5.74, 6) is -0.585. The van der Waals surface area contributed by atoms with E-state index in [-0.39, 0.29) is 11.7 Å². The molecule has 2 aromatic rings. The molecule has 2 heterocycles. The minimum absolute atomic E-state index is 0.250. The minimum Gasteiger partial charge on any atom is -0.307 e. The molecule has 3 rings (SSSR count). The van der Waals surface area contributed by atoms with E-state index in [0.29, 0.717) is 33.4 Å². The minimum atomic E-state index is -0.335. The Labute approximate surface area is 147 Å². The number of benzene rings is 1. The highest BCUT2D eigenvalue weighted by molar-refractivity contribution is 8.26. The lowest BCUT2D eigenvalue weighted by Crippen LogP contribution is -2.17. The summed E-state index contributed by atoms with van der Waals surface area (Å²) in [5.41, 5.74) is 2.05. The number of amides is 1. The molecule has 0 aliphatic carbocycles. The number of aryl methyl sites for hydroxylation is 1. The number of nitrogens with zero attached hydrogens (tertiary/aromatic N) is 3. The van der Waals surface area contributed by atoms with Crippen molar-refractivity contribution in [2.24, 2.45) is 0 Å². The van der Waals surface area contributed by atoms with Gasteiger partial charge in [0.05, 0.1) is 29.6 Å². The fourth-order valence-electron chi connectivity index (χ4n) is 2.22. The largest absolute Gasteiger partial charge is 0.307 e. The molecule has 1 aliphatic heterocycles. The number of hydrogen-bond acceptors (Lipinski definition) is 5. The predicted molar refractivity (Wildman–Crippen MR) is 94.2 cm³/mol. The molecule has 0 saturated carbocycles. The van der Waals surface area contributed by atoms with Crippen LogP contribution in [-0.2, 0) is 11.3 Å². The van der Waals surface area contributed by atoms with Gasteiger partial charge < -0.3 is 5.32 Å². The summed E-state index contributed by atoms with van der Waals surface area (Å²) < 4.78 is 15.2. The van der Waals surface area contributed by atoms with Gasteiger partial charge in [-0.15, -0.1) is 0 Å². The number of thioether (sulfide) groups is 1. The molecule has 120 valence electrons. The van der Waals surface area contributed by atoms with Crippen molar-refractivity contribution in [3.63, 3.8) is 0 Å². The van der Waals surface area contributed by atoms with Crippen molar-refractivity contribution in [2.75, 3.05) is 0 Å². The molecule has 1 aromatic heterocycles. The van der Waals surface area contributed by atoms with E-state index < -0.39 is 0 Å². The first kappa shape index (κ1) is 16.4. The molecule has 8 heteroatoms. The van der Waals surface area contributed by atoms with E-state index in [9.17, 15) is 9.18 Å². The van der Waals surface area contributed by atoms with Crippen LogP contribution in [0.4, 0.5) is 4.39 Å². The van der Waals surface area contributed by atoms with Crippen LogP contribution >= 0.6 is 24.0 Å². The van der Waals surface area contributed by atoms with Crippen LogP contribution in [0.15, 0.2) is 35.4 Å². The second-order valence-corrected chi connectivity index (χ2v) is 6.68. The van der Waals surface area contributed by atoms with Gasteiger partial charge in [0.2, 0.25) is 0 Å². The molecule has 0 spiro atoms. The Kier molecular flexibility index (Phi) is 4.74. The van der Waals surface area contributed by atoms with Crippen LogP contribution in [0, 0.1) is 17.1 Å². The molecule has 5 nitrogen and oxygen atoms in total. The smallest absolute Gasteiger partial charge is 0.263 e. The van der Waals surface area contributed by atoms with Gasteiger partial charge in [0.25, 0.3) is 5.91 Å². The van der Waals surface area contributed by atoms with Crippen molar-refractivity contribution < 1.29 is 9.18 Å². The summed E-state index contributed by atoms with van der Waals surface area (Å²) in [6.45, 7) is 0.436. The van der Waals surface area contributed by atoms with E-state index in [1.165, 1.54) is 23.9 Å². The molecule has 0 radical (unpaired) electrons. The first-order valence-corrected chi connectivity index (χ1v) is 8.24. The third-order valence-electron chi connectivity index (χ3n) is 3.29. The average Bonchev–Trinajstić information content (AvgIpc) is 3.09. The van der Waals surface area contributed by atoms with E-state index >= 15 is 0 Å². The molecule has 24 heavy (non-hydrogen) atoms. The fourth-order valence-corrected chi connectivity index (χ4v) is 3.25. The lowest BCUT2D eigenvalue weighted by atomic mass is 10.1. The number of nitrogens with one attached hydrogen (secondary N) is 1. The van der Waals surface area contributed by atoms with Crippen LogP contribution < -0.4 is 5.32 Å². The number of carbonyl (C=O) groups is 1. The Morgan fingerprint density at radius 1 is 1.42 bits per heavy atom. The van der Waals surface area contributed by atoms with Gasteiger partial charge >= 0.3 is 0 Å². The van der Waals surface area contributed by atoms with Crippen LogP contribution in [0.2, 0.25) is 0 Å². The number of rotatable bonds is 4. The number of thiocarbonyl (C=S) groups is 1. The zero-order valence-electron chi connectivity index (χ0n) is 12.3. The lowest BCUT2D eigenvalue weighted by Gasteiger charge is -1.99. The summed E-state index contributed by atoms with van der Waals surface area (Å²) in [6.07, 6.45) is 3.78. The van der Waals surface area contributed by atoms with E-state index in [1.807, 2.05) is 0 Å². The fraction of sp³-hybridized carbons (Fsp3) is 0.125. The molecule has 1 amide bonds. The van der Waals surface area contributed by atoms with E-state index in [2.05, 4.69) is 16.5 Å². The van der Waals surface area contributed by atoms with Crippen LogP contribution in [0.25, 0.3) is 17.3 Å². The summed E-state index contributed by atoms with van der Waals surface area (Å²) in [5, 5.41) is 15.8. The monoisotopic (exact) mass is 358 g/mol. The topological polar surface area (TPSA) is 70.7 Å². The van der Waals surface area contributed by atoms with Crippen molar-refractivity contribution in [1.29, 1.82) is 5.26 Å². The SMILES string of the molecule is N#CCCn1cc(/C=C2\SC(=S)NC2=O)c(-c2ccc(F)cc2)n1. The Bertz CT molecular complexity index is 880. The maximum atomic E-state index is 13.2. The Hall–Kier alpha value is -2.50. The highest BCUT2D eigenvalue weighted by Gasteiger charge is 2.23. The third-order valence-corrected chi connectivity index (χ3v) is 4.45. The molecule has 1 aromatic carbocycles. The maximum Gasteiger partial charge on any atom is 0.263 e. The van der Waals surface area contributed by atoms with Gasteiger partial charge in [-0.2, -0.15) is 10.4 Å². The summed E-state index contributed by atoms with van der Waals surface area (Å²) in [6, 6.07) is 8.03. The van der Waals surface area contributed by atoms with Crippen molar-refractivity contribution in [3.8, 4) is 17.3 Å². The summed E-state index contributed by atoms with van der Waals surface area (Å²) >= 11 is 6.17. The van der Waals surface area contributed by atoms with Crippen LogP contribution in [0.1, 0.15) is 12.0 Å². The second-order valence-electron chi connectivity index (χ2n) is 4.96. The molecule has 1 saturated heterocycles. The third kappa shape index (κ3) is 3.53. The quantitative estimate of drug-likeness (QED) is 0.672. The summed E-state index contributed by atoms with van der Waals surface area (Å²) in [7, 11) is 0. The standard InChI is InChI=1S/C16H11FN4OS2/c17-12-4-2-10(3-5-12)14-11(9-21(20-14)7-1-6-18)8-13-15(22)19-16(23)24-13/h2-5,8-9H,1,7H2,(H,19,22,23)/b13-8-. The van der Waals surface area contributed by atoms with Gasteiger partial charge in [-0.1, -0.05) is 24.0 Å². The van der Waals surface area contributed by atoms with Crippen molar-refractivity contribution >= 4 is 40.3 Å². The number of halogens is 1. The first-order valence-electron chi connectivity index (χ1n) is 7.02. The van der Waals surface area contributed by atoms with Crippen molar-refractivity contribution in [2.45, 2.75) is 13.0 Å². The van der Waals surface area contributed by atoms with Crippen LogP contribution in [0.5, 0.6) is 0 Å². The molecule has 0 unspecified atom stereocenters. The second kappa shape index (κ2) is 6.95. The Morgan fingerprint density at radius 3 is 2.79 bits per heavy atom. The number of nitriles is 1. The van der Waals surface area contributed by atoms with E-state index in [1.54, 1.807) is 29.1 Å². The van der Waals surface area contributed by atoms with Crippen molar-refractivity contribution in [3.05, 3.63) is 46.7 Å². The molecule has 1 aliphatic rings.